The maximum absolute atomic E-state index is 15.0. The van der Waals surface area contributed by atoms with E-state index in [0.29, 0.717) is 56.3 Å². The van der Waals surface area contributed by atoms with Crippen LogP contribution in [-0.4, -0.2) is 60.4 Å². The number of hydrogen-bond acceptors (Lipinski definition) is 6. The molecule has 0 saturated carbocycles. The molecule has 1 N–H and O–H groups in total. The molecule has 33 heavy (non-hydrogen) atoms. The van der Waals surface area contributed by atoms with Gasteiger partial charge < -0.3 is 19.9 Å². The number of aromatic nitrogens is 3. The van der Waals surface area contributed by atoms with Gasteiger partial charge in [0, 0.05) is 25.7 Å². The Hall–Kier alpha value is -3.24. The highest BCUT2D eigenvalue weighted by Gasteiger charge is 2.29. The van der Waals surface area contributed by atoms with Gasteiger partial charge in [-0.05, 0) is 37.6 Å². The Morgan fingerprint density at radius 1 is 1.30 bits per heavy atom. The number of rotatable bonds is 6. The molecule has 0 bridgehead atoms. The van der Waals surface area contributed by atoms with Crippen molar-refractivity contribution in [2.75, 3.05) is 43.2 Å². The van der Waals surface area contributed by atoms with E-state index in [2.05, 4.69) is 22.2 Å². The third kappa shape index (κ3) is 5.77. The number of nitrogens with one attached hydrogen (secondary N) is 1. The number of halogens is 3. The Labute approximate surface area is 191 Å². The number of alkyl halides is 2. The van der Waals surface area contributed by atoms with E-state index in [-0.39, 0.29) is 23.9 Å². The molecule has 1 aromatic heterocycles. The summed E-state index contributed by atoms with van der Waals surface area (Å²) in [4.78, 5) is 14.9. The SMILES string of the molecule is C=C1OC(CNC(C)=O)CN1c1ccc(N2CCC(n3cc(CF)nn3)CC2)c(F)c1.CF. The quantitative estimate of drug-likeness (QED) is 0.705. The van der Waals surface area contributed by atoms with Crippen LogP contribution in [0.25, 0.3) is 0 Å². The summed E-state index contributed by atoms with van der Waals surface area (Å²) in [5.74, 6) is -0.00293. The maximum atomic E-state index is 15.0. The van der Waals surface area contributed by atoms with E-state index in [1.54, 1.807) is 21.8 Å². The smallest absolute Gasteiger partial charge is 0.217 e. The van der Waals surface area contributed by atoms with Crippen LogP contribution < -0.4 is 15.1 Å². The highest BCUT2D eigenvalue weighted by atomic mass is 19.1. The number of piperidine rings is 1. The van der Waals surface area contributed by atoms with Gasteiger partial charge in [0.2, 0.25) is 5.91 Å². The predicted octanol–water partition coefficient (Wildman–Crippen LogP) is 3.13. The summed E-state index contributed by atoms with van der Waals surface area (Å²) in [6.07, 6.45) is 2.96. The lowest BCUT2D eigenvalue weighted by Gasteiger charge is -2.33. The number of ether oxygens (including phenoxy) is 1. The molecule has 2 fully saturated rings. The largest absolute Gasteiger partial charge is 0.472 e. The van der Waals surface area contributed by atoms with Crippen molar-refractivity contribution in [1.29, 1.82) is 0 Å². The van der Waals surface area contributed by atoms with E-state index < -0.39 is 6.67 Å². The molecule has 4 rings (SSSR count). The van der Waals surface area contributed by atoms with Gasteiger partial charge in [-0.25, -0.2) is 13.5 Å². The number of carbonyl (C=O) groups is 1. The van der Waals surface area contributed by atoms with Crippen LogP contribution in [-0.2, 0) is 16.2 Å². The lowest BCUT2D eigenvalue weighted by molar-refractivity contribution is -0.119. The van der Waals surface area contributed by atoms with Crippen LogP contribution >= 0.6 is 0 Å². The van der Waals surface area contributed by atoms with Gasteiger partial charge in [0.1, 0.15) is 24.3 Å². The van der Waals surface area contributed by atoms with Gasteiger partial charge in [-0.2, -0.15) is 0 Å². The molecule has 2 aromatic rings. The van der Waals surface area contributed by atoms with Gasteiger partial charge in [0.25, 0.3) is 0 Å². The first-order valence-corrected chi connectivity index (χ1v) is 10.7. The molecule has 0 radical (unpaired) electrons. The molecule has 1 atom stereocenters. The molecule has 3 heterocycles. The fraction of sp³-hybridized carbons (Fsp3) is 0.500. The maximum Gasteiger partial charge on any atom is 0.217 e. The van der Waals surface area contributed by atoms with Crippen LogP contribution in [0, 0.1) is 5.82 Å². The van der Waals surface area contributed by atoms with Gasteiger partial charge in [0.05, 0.1) is 38.2 Å². The van der Waals surface area contributed by atoms with Crippen LogP contribution in [0.2, 0.25) is 0 Å². The number of anilines is 2. The lowest BCUT2D eigenvalue weighted by atomic mass is 10.0. The van der Waals surface area contributed by atoms with Crippen LogP contribution in [0.4, 0.5) is 24.5 Å². The number of carbonyl (C=O) groups excluding carboxylic acids is 1. The molecule has 0 spiro atoms. The molecule has 1 amide bonds. The predicted molar refractivity (Wildman–Crippen MR) is 119 cm³/mol. The fourth-order valence-electron chi connectivity index (χ4n) is 4.06. The first-order chi connectivity index (χ1) is 15.9. The second-order valence-electron chi connectivity index (χ2n) is 7.86. The lowest BCUT2D eigenvalue weighted by Crippen LogP contribution is -2.35. The van der Waals surface area contributed by atoms with E-state index in [0.717, 1.165) is 12.8 Å². The van der Waals surface area contributed by atoms with Crippen molar-refractivity contribution in [1.82, 2.24) is 20.3 Å². The Morgan fingerprint density at radius 3 is 2.64 bits per heavy atom. The fourth-order valence-corrected chi connectivity index (χ4v) is 4.06. The Kier molecular flexibility index (Phi) is 8.18. The van der Waals surface area contributed by atoms with Gasteiger partial charge >= 0.3 is 0 Å². The summed E-state index contributed by atoms with van der Waals surface area (Å²) in [7, 11) is 0.500. The average molecular weight is 467 g/mol. The minimum absolute atomic E-state index is 0.126. The second kappa shape index (κ2) is 11.1. The minimum atomic E-state index is -0.626. The van der Waals surface area contributed by atoms with Crippen LogP contribution in [0.5, 0.6) is 0 Å². The number of hydrogen-bond donors (Lipinski definition) is 1. The third-order valence-corrected chi connectivity index (χ3v) is 5.69. The number of nitrogens with zero attached hydrogens (tertiary/aromatic N) is 5. The molecule has 0 aliphatic carbocycles. The number of benzene rings is 1. The van der Waals surface area contributed by atoms with Crippen LogP contribution in [0.15, 0.2) is 36.9 Å². The molecule has 1 aromatic carbocycles. The average Bonchev–Trinajstić information content (AvgIpc) is 3.46. The second-order valence-corrected chi connectivity index (χ2v) is 7.86. The van der Waals surface area contributed by atoms with E-state index in [4.69, 9.17) is 4.74 Å². The standard InChI is InChI=1S/C21H26F2N6O2.CH3F/c1-14(30)24-11-19-13-28(15(2)31-19)18-3-4-21(20(23)9-18)27-7-5-17(6-8-27)29-12-16(10-22)25-26-29;1-2/h3-4,9,12,17,19H,2,5-8,10-11,13H2,1H3,(H,24,30);1H3. The summed E-state index contributed by atoms with van der Waals surface area (Å²) in [6, 6.07) is 5.25. The zero-order valence-electron chi connectivity index (χ0n) is 18.8. The molecule has 2 aliphatic rings. The highest BCUT2D eigenvalue weighted by Crippen LogP contribution is 2.32. The minimum Gasteiger partial charge on any atom is -0.472 e. The molecular formula is C22H29F3N6O2. The summed E-state index contributed by atoms with van der Waals surface area (Å²) in [5.41, 5.74) is 1.54. The summed E-state index contributed by atoms with van der Waals surface area (Å²) >= 11 is 0. The van der Waals surface area contributed by atoms with Crippen molar-refractivity contribution >= 4 is 17.3 Å². The van der Waals surface area contributed by atoms with Crippen molar-refractivity contribution in [2.45, 2.75) is 38.6 Å². The first-order valence-electron chi connectivity index (χ1n) is 10.7. The van der Waals surface area contributed by atoms with Gasteiger partial charge in [-0.3, -0.25) is 9.18 Å². The molecule has 11 heteroatoms. The zero-order chi connectivity index (χ0) is 24.0. The molecular weight excluding hydrogens is 437 g/mol. The number of amides is 1. The zero-order valence-corrected chi connectivity index (χ0v) is 18.8. The van der Waals surface area contributed by atoms with Crippen LogP contribution in [0.1, 0.15) is 31.5 Å². The van der Waals surface area contributed by atoms with Crippen LogP contribution in [0.3, 0.4) is 0 Å². The van der Waals surface area contributed by atoms with Crippen molar-refractivity contribution in [2.24, 2.45) is 0 Å². The first kappa shape index (κ1) is 24.4. The van der Waals surface area contributed by atoms with Gasteiger partial charge in [-0.15, -0.1) is 5.10 Å². The topological polar surface area (TPSA) is 75.5 Å². The monoisotopic (exact) mass is 466 g/mol. The van der Waals surface area contributed by atoms with E-state index in [1.807, 2.05) is 11.0 Å². The Bertz CT molecular complexity index is 961. The van der Waals surface area contributed by atoms with Crippen molar-refractivity contribution in [3.05, 3.63) is 48.4 Å². The summed E-state index contributed by atoms with van der Waals surface area (Å²) < 4.78 is 44.6. The third-order valence-electron chi connectivity index (χ3n) is 5.69. The van der Waals surface area contributed by atoms with E-state index in [1.165, 1.54) is 13.0 Å². The summed E-state index contributed by atoms with van der Waals surface area (Å²) in [6.45, 7) is 6.93. The van der Waals surface area contributed by atoms with Crippen molar-refractivity contribution in [3.8, 4) is 0 Å². The molecule has 2 saturated heterocycles. The molecule has 8 nitrogen and oxygen atoms in total. The van der Waals surface area contributed by atoms with Gasteiger partial charge in [0.15, 0.2) is 5.88 Å². The van der Waals surface area contributed by atoms with E-state index in [9.17, 15) is 18.0 Å². The van der Waals surface area contributed by atoms with Gasteiger partial charge in [-0.1, -0.05) is 5.21 Å². The summed E-state index contributed by atoms with van der Waals surface area (Å²) in [5, 5.41) is 10.5. The van der Waals surface area contributed by atoms with E-state index >= 15 is 0 Å². The highest BCUT2D eigenvalue weighted by molar-refractivity contribution is 5.72. The Balaban J connectivity index is 0.00000149. The van der Waals surface area contributed by atoms with Crippen molar-refractivity contribution in [3.63, 3.8) is 0 Å². The molecule has 1 unspecified atom stereocenters. The molecule has 2 aliphatic heterocycles. The Morgan fingerprint density at radius 2 is 2.03 bits per heavy atom. The normalized spacial score (nSPS) is 18.6. The van der Waals surface area contributed by atoms with Crippen molar-refractivity contribution < 1.29 is 22.7 Å². The molecule has 180 valence electrons.